The van der Waals surface area contributed by atoms with Crippen LogP contribution in [0.4, 0.5) is 4.79 Å². The maximum atomic E-state index is 11.0. The van der Waals surface area contributed by atoms with E-state index < -0.39 is 35.6 Å². The Hall–Kier alpha value is -0.900. The van der Waals surface area contributed by atoms with E-state index in [0.29, 0.717) is 0 Å². The quantitative estimate of drug-likeness (QED) is 0.423. The molecule has 0 fully saturated rings. The highest BCUT2D eigenvalue weighted by molar-refractivity contribution is 7.88. The van der Waals surface area contributed by atoms with Crippen LogP contribution in [0.25, 0.3) is 0 Å². The van der Waals surface area contributed by atoms with Gasteiger partial charge >= 0.3 is 16.3 Å². The molecule has 0 aliphatic rings. The molecule has 0 heterocycles. The molecule has 1 amide bonds. The third-order valence-electron chi connectivity index (χ3n) is 1.21. The largest absolute Gasteiger partial charge is 0.449 e. The minimum Gasteiger partial charge on any atom is -0.449 e. The third-order valence-corrected chi connectivity index (χ3v) is 2.19. The molecule has 0 rings (SSSR count). The molecule has 1 unspecified atom stereocenters. The summed E-state index contributed by atoms with van der Waals surface area (Å²) in [6.07, 6.45) is -2.33. The Morgan fingerprint density at radius 1 is 1.53 bits per heavy atom. The summed E-state index contributed by atoms with van der Waals surface area (Å²) in [6.45, 7) is 0.586. The van der Waals surface area contributed by atoms with Crippen LogP contribution in [0.3, 0.4) is 0 Å². The summed E-state index contributed by atoms with van der Waals surface area (Å²) >= 11 is 0. The first-order valence-electron chi connectivity index (χ1n) is 4.14. The van der Waals surface area contributed by atoms with E-state index in [1.807, 2.05) is 4.72 Å². The van der Waals surface area contributed by atoms with Crippen molar-refractivity contribution in [3.8, 4) is 0 Å². The predicted molar refractivity (Wildman–Crippen MR) is 50.2 cm³/mol. The van der Waals surface area contributed by atoms with Gasteiger partial charge in [0.25, 0.3) is 0 Å². The third kappa shape index (κ3) is 7.08. The average Bonchev–Trinajstić information content (AvgIpc) is 2.13. The van der Waals surface area contributed by atoms with E-state index >= 15 is 0 Å². The molecule has 0 aromatic heterocycles. The van der Waals surface area contributed by atoms with E-state index in [9.17, 15) is 13.2 Å². The van der Waals surface area contributed by atoms with Crippen LogP contribution in [0.5, 0.6) is 0 Å². The highest BCUT2D eigenvalue weighted by atomic mass is 32.2. The number of amides is 1. The van der Waals surface area contributed by atoms with Crippen molar-refractivity contribution in [2.75, 3.05) is 19.8 Å². The van der Waals surface area contributed by atoms with Gasteiger partial charge in [-0.3, -0.25) is 0 Å². The van der Waals surface area contributed by atoms with Gasteiger partial charge in [0.15, 0.2) is 0 Å². The van der Waals surface area contributed by atoms with Crippen LogP contribution in [0.15, 0.2) is 0 Å². The lowest BCUT2D eigenvalue weighted by Gasteiger charge is -2.10. The average molecular weight is 242 g/mol. The minimum atomic E-state index is -4.05. The van der Waals surface area contributed by atoms with Crippen LogP contribution in [0, 0.1) is 0 Å². The number of rotatable bonds is 6. The SMILES string of the molecule is CCOC(=O)NS(=O)(=O)NCC(O)CO. The zero-order valence-electron chi connectivity index (χ0n) is 8.13. The van der Waals surface area contributed by atoms with Gasteiger partial charge in [-0.25, -0.2) is 9.52 Å². The number of ether oxygens (including phenoxy) is 1. The number of aliphatic hydroxyl groups is 2. The van der Waals surface area contributed by atoms with Crippen molar-refractivity contribution in [1.29, 1.82) is 0 Å². The summed E-state index contributed by atoms with van der Waals surface area (Å²) in [5.41, 5.74) is 0. The van der Waals surface area contributed by atoms with Gasteiger partial charge in [0.05, 0.1) is 19.3 Å². The standard InChI is InChI=1S/C6H14N2O6S/c1-2-14-6(11)8-15(12,13)7-3-5(10)4-9/h5,7,9-10H,2-4H2,1H3,(H,8,11). The maximum absolute atomic E-state index is 11.0. The molecule has 9 heteroatoms. The van der Waals surface area contributed by atoms with E-state index in [-0.39, 0.29) is 6.61 Å². The van der Waals surface area contributed by atoms with Gasteiger partial charge in [0.1, 0.15) is 0 Å². The zero-order chi connectivity index (χ0) is 11.9. The second kappa shape index (κ2) is 6.56. The number of hydrogen-bond acceptors (Lipinski definition) is 6. The molecule has 4 N–H and O–H groups in total. The summed E-state index contributed by atoms with van der Waals surface area (Å²) in [5.74, 6) is 0. The molecule has 0 aromatic rings. The van der Waals surface area contributed by atoms with Gasteiger partial charge in [-0.05, 0) is 6.92 Å². The van der Waals surface area contributed by atoms with Crippen molar-refractivity contribution in [3.05, 3.63) is 0 Å². The first-order valence-corrected chi connectivity index (χ1v) is 5.62. The van der Waals surface area contributed by atoms with Crippen LogP contribution < -0.4 is 9.44 Å². The molecule has 8 nitrogen and oxygen atoms in total. The summed E-state index contributed by atoms with van der Waals surface area (Å²) < 4.78 is 29.8. The summed E-state index contributed by atoms with van der Waals surface area (Å²) in [4.78, 5) is 10.7. The number of hydrogen-bond donors (Lipinski definition) is 4. The molecular weight excluding hydrogens is 228 g/mol. The molecule has 15 heavy (non-hydrogen) atoms. The van der Waals surface area contributed by atoms with E-state index in [2.05, 4.69) is 4.74 Å². The van der Waals surface area contributed by atoms with Crippen molar-refractivity contribution in [3.63, 3.8) is 0 Å². The van der Waals surface area contributed by atoms with E-state index in [1.165, 1.54) is 6.92 Å². The normalized spacial score (nSPS) is 13.3. The molecule has 0 aromatic carbocycles. The fourth-order valence-corrected chi connectivity index (χ4v) is 1.34. The fourth-order valence-electron chi connectivity index (χ4n) is 0.577. The molecule has 90 valence electrons. The lowest BCUT2D eigenvalue weighted by atomic mass is 10.4. The number of aliphatic hydroxyl groups excluding tert-OH is 2. The van der Waals surface area contributed by atoms with Crippen molar-refractivity contribution < 1.29 is 28.2 Å². The Balaban J connectivity index is 4.03. The second-order valence-corrected chi connectivity index (χ2v) is 4.01. The molecular formula is C6H14N2O6S. The van der Waals surface area contributed by atoms with Crippen LogP contribution in [0.1, 0.15) is 6.92 Å². The number of nitrogens with one attached hydrogen (secondary N) is 2. The van der Waals surface area contributed by atoms with Crippen molar-refractivity contribution in [2.24, 2.45) is 0 Å². The molecule has 0 radical (unpaired) electrons. The lowest BCUT2D eigenvalue weighted by Crippen LogP contribution is -2.43. The van der Waals surface area contributed by atoms with Gasteiger partial charge in [-0.15, -0.1) is 0 Å². The van der Waals surface area contributed by atoms with Crippen molar-refractivity contribution in [1.82, 2.24) is 9.44 Å². The highest BCUT2D eigenvalue weighted by Crippen LogP contribution is 1.84. The molecule has 0 saturated carbocycles. The van der Waals surface area contributed by atoms with Gasteiger partial charge in [-0.2, -0.15) is 13.1 Å². The van der Waals surface area contributed by atoms with Crippen molar-refractivity contribution >= 4 is 16.3 Å². The Bertz CT molecular complexity index is 290. The second-order valence-electron chi connectivity index (χ2n) is 2.51. The smallest absolute Gasteiger partial charge is 0.421 e. The number of carbonyl (C=O) groups excluding carboxylic acids is 1. The molecule has 0 spiro atoms. The highest BCUT2D eigenvalue weighted by Gasteiger charge is 2.15. The van der Waals surface area contributed by atoms with Gasteiger partial charge < -0.3 is 14.9 Å². The van der Waals surface area contributed by atoms with Crippen LogP contribution >= 0.6 is 0 Å². The van der Waals surface area contributed by atoms with E-state index in [1.54, 1.807) is 4.72 Å². The van der Waals surface area contributed by atoms with Crippen LogP contribution in [0.2, 0.25) is 0 Å². The topological polar surface area (TPSA) is 125 Å². The van der Waals surface area contributed by atoms with Gasteiger partial charge in [-0.1, -0.05) is 0 Å². The number of carbonyl (C=O) groups is 1. The van der Waals surface area contributed by atoms with Gasteiger partial charge in [0.2, 0.25) is 0 Å². The molecule has 0 aliphatic carbocycles. The summed E-state index contributed by atoms with van der Waals surface area (Å²) in [5, 5.41) is 17.2. The summed E-state index contributed by atoms with van der Waals surface area (Å²) in [7, 11) is -4.05. The monoisotopic (exact) mass is 242 g/mol. The Morgan fingerprint density at radius 3 is 2.60 bits per heavy atom. The first kappa shape index (κ1) is 14.1. The molecule has 0 bridgehead atoms. The predicted octanol–water partition coefficient (Wildman–Crippen LogP) is -2.08. The Morgan fingerprint density at radius 2 is 2.13 bits per heavy atom. The van der Waals surface area contributed by atoms with E-state index in [4.69, 9.17) is 10.2 Å². The fraction of sp³-hybridized carbons (Fsp3) is 0.833. The van der Waals surface area contributed by atoms with Crippen molar-refractivity contribution in [2.45, 2.75) is 13.0 Å². The molecule has 1 atom stereocenters. The minimum absolute atomic E-state index is 0.0423. The Labute approximate surface area is 87.4 Å². The van der Waals surface area contributed by atoms with Crippen LogP contribution in [-0.4, -0.2) is 50.6 Å². The lowest BCUT2D eigenvalue weighted by molar-refractivity contribution is 0.0987. The first-order chi connectivity index (χ1) is 6.91. The van der Waals surface area contributed by atoms with Gasteiger partial charge in [0, 0.05) is 6.54 Å². The molecule has 0 saturated heterocycles. The summed E-state index contributed by atoms with van der Waals surface area (Å²) in [6, 6.07) is 0. The Kier molecular flexibility index (Phi) is 6.17. The zero-order valence-corrected chi connectivity index (χ0v) is 8.95. The maximum Gasteiger partial charge on any atom is 0.421 e. The van der Waals surface area contributed by atoms with Crippen LogP contribution in [-0.2, 0) is 14.9 Å². The molecule has 0 aliphatic heterocycles. The van der Waals surface area contributed by atoms with E-state index in [0.717, 1.165) is 0 Å².